The molecule has 0 radical (unpaired) electrons. The molecule has 0 bridgehead atoms. The molecule has 2 N–H and O–H groups in total. The fourth-order valence-corrected chi connectivity index (χ4v) is 4.62. The molecule has 31 heavy (non-hydrogen) atoms. The molecular formula is C21H22Cl2N4O3S. The van der Waals surface area contributed by atoms with E-state index in [-0.39, 0.29) is 30.4 Å². The molecule has 1 fully saturated rings. The predicted molar refractivity (Wildman–Crippen MR) is 127 cm³/mol. The van der Waals surface area contributed by atoms with E-state index in [2.05, 4.69) is 15.6 Å². The molecule has 0 saturated carbocycles. The minimum atomic E-state index is -0.282. The van der Waals surface area contributed by atoms with E-state index in [0.717, 1.165) is 16.5 Å². The number of benzene rings is 1. The summed E-state index contributed by atoms with van der Waals surface area (Å²) < 4.78 is 6.01. The second-order valence-corrected chi connectivity index (χ2v) is 8.41. The molecule has 0 unspecified atom stereocenters. The maximum atomic E-state index is 12.6. The standard InChI is InChI=1S/C21H21ClN4O3S.ClH/c1-2-29-21(28)26-9-8-14(12-26)24-19-7-6-13(11-23-19)25-20(27)18-10-15-16(22)4-3-5-17(15)30-18;/h3-7,10-11,14H,2,8-9,12H2,1H3,(H,23,24)(H,25,27);1H/t14-;/m0./s1. The average molecular weight is 481 g/mol. The number of aromatic nitrogens is 1. The summed E-state index contributed by atoms with van der Waals surface area (Å²) in [6, 6.07) is 11.1. The van der Waals surface area contributed by atoms with Crippen molar-refractivity contribution < 1.29 is 14.3 Å². The number of pyridine rings is 1. The zero-order valence-electron chi connectivity index (χ0n) is 16.8. The highest BCUT2D eigenvalue weighted by Gasteiger charge is 2.27. The van der Waals surface area contributed by atoms with Gasteiger partial charge >= 0.3 is 6.09 Å². The van der Waals surface area contributed by atoms with Crippen LogP contribution in [0, 0.1) is 0 Å². The van der Waals surface area contributed by atoms with Crippen LogP contribution in [0.3, 0.4) is 0 Å². The van der Waals surface area contributed by atoms with Crippen LogP contribution in [-0.4, -0.2) is 47.6 Å². The molecular weight excluding hydrogens is 459 g/mol. The number of rotatable bonds is 5. The SMILES string of the molecule is CCOC(=O)N1CC[C@H](Nc2ccc(NC(=O)c3cc4c(Cl)cccc4s3)cn2)C1.Cl. The fourth-order valence-electron chi connectivity index (χ4n) is 3.35. The van der Waals surface area contributed by atoms with Crippen molar-refractivity contribution in [2.24, 2.45) is 0 Å². The fraction of sp³-hybridized carbons (Fsp3) is 0.286. The lowest BCUT2D eigenvalue weighted by Crippen LogP contribution is -2.32. The average Bonchev–Trinajstić information content (AvgIpc) is 3.38. The Kier molecular flexibility index (Phi) is 7.59. The summed E-state index contributed by atoms with van der Waals surface area (Å²) in [5.74, 6) is 0.494. The molecule has 0 aliphatic carbocycles. The van der Waals surface area contributed by atoms with Crippen molar-refractivity contribution in [1.82, 2.24) is 9.88 Å². The van der Waals surface area contributed by atoms with Crippen LogP contribution in [0.15, 0.2) is 42.6 Å². The third-order valence-electron chi connectivity index (χ3n) is 4.82. The monoisotopic (exact) mass is 480 g/mol. The molecule has 1 aliphatic rings. The minimum Gasteiger partial charge on any atom is -0.450 e. The zero-order chi connectivity index (χ0) is 21.1. The number of carbonyl (C=O) groups excluding carboxylic acids is 2. The number of hydrogen-bond donors (Lipinski definition) is 2. The number of likely N-dealkylation sites (tertiary alicyclic amines) is 1. The van der Waals surface area contributed by atoms with Crippen LogP contribution in [0.2, 0.25) is 5.02 Å². The highest BCUT2D eigenvalue weighted by atomic mass is 35.5. The Bertz CT molecular complexity index is 1070. The Hall–Kier alpha value is -2.55. The molecule has 1 saturated heterocycles. The molecule has 2 amide bonds. The largest absolute Gasteiger partial charge is 0.450 e. The van der Waals surface area contributed by atoms with E-state index in [1.807, 2.05) is 24.3 Å². The van der Waals surface area contributed by atoms with Gasteiger partial charge in [0.1, 0.15) is 5.82 Å². The van der Waals surface area contributed by atoms with Crippen molar-refractivity contribution in [3.05, 3.63) is 52.5 Å². The molecule has 10 heteroatoms. The summed E-state index contributed by atoms with van der Waals surface area (Å²) in [5, 5.41) is 7.69. The molecule has 4 rings (SSSR count). The predicted octanol–water partition coefficient (Wildman–Crippen LogP) is 5.27. The number of fused-ring (bicyclic) bond motifs is 1. The van der Waals surface area contributed by atoms with Crippen molar-refractivity contribution >= 4 is 68.9 Å². The molecule has 7 nitrogen and oxygen atoms in total. The summed E-state index contributed by atoms with van der Waals surface area (Å²) in [5.41, 5.74) is 0.605. The van der Waals surface area contributed by atoms with Crippen LogP contribution in [-0.2, 0) is 4.74 Å². The number of thiophene rings is 1. The first-order chi connectivity index (χ1) is 14.5. The minimum absolute atomic E-state index is 0. The van der Waals surface area contributed by atoms with Gasteiger partial charge < -0.3 is 20.3 Å². The summed E-state index contributed by atoms with van der Waals surface area (Å²) in [7, 11) is 0. The van der Waals surface area contributed by atoms with E-state index in [0.29, 0.717) is 41.1 Å². The van der Waals surface area contributed by atoms with E-state index >= 15 is 0 Å². The Labute approximate surface area is 195 Å². The van der Waals surface area contributed by atoms with Crippen LogP contribution in [0.5, 0.6) is 0 Å². The lowest BCUT2D eigenvalue weighted by Gasteiger charge is -2.16. The highest BCUT2D eigenvalue weighted by molar-refractivity contribution is 7.21. The van der Waals surface area contributed by atoms with Gasteiger partial charge in [0.25, 0.3) is 5.91 Å². The van der Waals surface area contributed by atoms with Crippen LogP contribution in [0.25, 0.3) is 10.1 Å². The summed E-state index contributed by atoms with van der Waals surface area (Å²) >= 11 is 7.59. The van der Waals surface area contributed by atoms with Crippen LogP contribution < -0.4 is 10.6 Å². The van der Waals surface area contributed by atoms with Gasteiger partial charge in [-0.2, -0.15) is 0 Å². The van der Waals surface area contributed by atoms with E-state index in [1.54, 1.807) is 30.2 Å². The smallest absolute Gasteiger partial charge is 0.409 e. The number of ether oxygens (including phenoxy) is 1. The molecule has 2 aromatic heterocycles. The molecule has 0 spiro atoms. The van der Waals surface area contributed by atoms with E-state index < -0.39 is 0 Å². The Morgan fingerprint density at radius 3 is 2.87 bits per heavy atom. The number of amides is 2. The number of anilines is 2. The van der Waals surface area contributed by atoms with Gasteiger partial charge in [-0.1, -0.05) is 17.7 Å². The van der Waals surface area contributed by atoms with Gasteiger partial charge in [0, 0.05) is 34.2 Å². The second-order valence-electron chi connectivity index (χ2n) is 6.92. The number of nitrogens with one attached hydrogen (secondary N) is 2. The van der Waals surface area contributed by atoms with Gasteiger partial charge in [-0.25, -0.2) is 9.78 Å². The molecule has 1 aromatic carbocycles. The Morgan fingerprint density at radius 2 is 2.16 bits per heavy atom. The first-order valence-electron chi connectivity index (χ1n) is 9.67. The van der Waals surface area contributed by atoms with Gasteiger partial charge in [0.2, 0.25) is 0 Å². The topological polar surface area (TPSA) is 83.6 Å². The lowest BCUT2D eigenvalue weighted by molar-refractivity contribution is 0.103. The number of hydrogen-bond acceptors (Lipinski definition) is 6. The normalized spacial score (nSPS) is 15.4. The van der Waals surface area contributed by atoms with Gasteiger partial charge in [-0.3, -0.25) is 4.79 Å². The number of nitrogens with zero attached hydrogens (tertiary/aromatic N) is 2. The molecule has 1 atom stereocenters. The third kappa shape index (κ3) is 5.39. The zero-order valence-corrected chi connectivity index (χ0v) is 19.1. The maximum Gasteiger partial charge on any atom is 0.409 e. The summed E-state index contributed by atoms with van der Waals surface area (Å²) in [6.07, 6.45) is 2.15. The van der Waals surface area contributed by atoms with Crippen LogP contribution >= 0.6 is 35.3 Å². The van der Waals surface area contributed by atoms with Crippen molar-refractivity contribution in [2.75, 3.05) is 30.3 Å². The molecule has 1 aliphatic heterocycles. The first-order valence-corrected chi connectivity index (χ1v) is 10.9. The van der Waals surface area contributed by atoms with E-state index in [1.165, 1.54) is 11.3 Å². The van der Waals surface area contributed by atoms with Gasteiger partial charge in [0.15, 0.2) is 0 Å². The first kappa shape index (κ1) is 23.1. The third-order valence-corrected chi connectivity index (χ3v) is 6.25. The van der Waals surface area contributed by atoms with Gasteiger partial charge in [-0.05, 0) is 43.7 Å². The molecule has 3 heterocycles. The Morgan fingerprint density at radius 1 is 1.32 bits per heavy atom. The van der Waals surface area contributed by atoms with Crippen molar-refractivity contribution in [2.45, 2.75) is 19.4 Å². The maximum absolute atomic E-state index is 12.6. The summed E-state index contributed by atoms with van der Waals surface area (Å²) in [4.78, 5) is 31.0. The van der Waals surface area contributed by atoms with E-state index in [9.17, 15) is 9.59 Å². The van der Waals surface area contributed by atoms with Crippen LogP contribution in [0.4, 0.5) is 16.3 Å². The second kappa shape index (κ2) is 10.2. The van der Waals surface area contributed by atoms with Crippen molar-refractivity contribution in [1.29, 1.82) is 0 Å². The molecule has 3 aromatic rings. The highest BCUT2D eigenvalue weighted by Crippen LogP contribution is 2.31. The van der Waals surface area contributed by atoms with Gasteiger partial charge in [0.05, 0.1) is 23.4 Å². The van der Waals surface area contributed by atoms with Crippen molar-refractivity contribution in [3.63, 3.8) is 0 Å². The molecule has 164 valence electrons. The quantitative estimate of drug-likeness (QED) is 0.519. The lowest BCUT2D eigenvalue weighted by atomic mass is 10.2. The summed E-state index contributed by atoms with van der Waals surface area (Å²) in [6.45, 7) is 3.40. The van der Waals surface area contributed by atoms with Gasteiger partial charge in [-0.15, -0.1) is 23.7 Å². The van der Waals surface area contributed by atoms with Crippen LogP contribution in [0.1, 0.15) is 23.0 Å². The van der Waals surface area contributed by atoms with E-state index in [4.69, 9.17) is 16.3 Å². The van der Waals surface area contributed by atoms with Crippen molar-refractivity contribution in [3.8, 4) is 0 Å². The Balaban J connectivity index is 0.00000272. The number of carbonyl (C=O) groups is 2. The number of halogens is 2.